The molecule has 1 aliphatic heterocycles. The van der Waals surface area contributed by atoms with Gasteiger partial charge in [0.25, 0.3) is 17.1 Å². The fraction of sp³-hybridized carbons (Fsp3) is 0.217. The highest BCUT2D eigenvalue weighted by atomic mass is 32.2. The van der Waals surface area contributed by atoms with E-state index in [4.69, 9.17) is 9.47 Å². The SMILES string of the molecule is COC(=O)[C@@H](C)N1C(=O)S/C(=C/c2ccc(OCC(=O)Nc3ccccc3)c(OC)c2)C1=O. The van der Waals surface area contributed by atoms with Crippen LogP contribution in [0.2, 0.25) is 0 Å². The molecule has 1 saturated heterocycles. The molecule has 1 N–H and O–H groups in total. The van der Waals surface area contributed by atoms with Gasteiger partial charge in [0.1, 0.15) is 6.04 Å². The van der Waals surface area contributed by atoms with Crippen LogP contribution in [-0.2, 0) is 19.1 Å². The smallest absolute Gasteiger partial charge is 0.328 e. The minimum atomic E-state index is -1.03. The minimum absolute atomic E-state index is 0.161. The molecule has 9 nitrogen and oxygen atoms in total. The van der Waals surface area contributed by atoms with Crippen molar-refractivity contribution in [3.05, 3.63) is 59.0 Å². The average molecular weight is 471 g/mol. The van der Waals surface area contributed by atoms with Crippen molar-refractivity contribution in [1.82, 2.24) is 4.90 Å². The molecule has 2 aromatic rings. The monoisotopic (exact) mass is 470 g/mol. The molecule has 2 aromatic carbocycles. The predicted molar refractivity (Wildman–Crippen MR) is 123 cm³/mol. The number of anilines is 1. The molecule has 0 spiro atoms. The number of methoxy groups -OCH3 is 2. The number of rotatable bonds is 8. The Kier molecular flexibility index (Phi) is 7.73. The van der Waals surface area contributed by atoms with Gasteiger partial charge in [-0.2, -0.15) is 0 Å². The van der Waals surface area contributed by atoms with E-state index < -0.39 is 23.2 Å². The third-order valence-corrected chi connectivity index (χ3v) is 5.54. The maximum Gasteiger partial charge on any atom is 0.328 e. The number of carbonyl (C=O) groups excluding carboxylic acids is 4. The molecule has 0 aliphatic carbocycles. The lowest BCUT2D eigenvalue weighted by molar-refractivity contribution is -0.148. The Morgan fingerprint density at radius 3 is 2.48 bits per heavy atom. The van der Waals surface area contributed by atoms with Crippen LogP contribution in [0.4, 0.5) is 10.5 Å². The normalized spacial score (nSPS) is 15.4. The van der Waals surface area contributed by atoms with Crippen LogP contribution in [0.25, 0.3) is 6.08 Å². The average Bonchev–Trinajstić information content (AvgIpc) is 3.10. The maximum atomic E-state index is 12.6. The van der Waals surface area contributed by atoms with E-state index in [0.29, 0.717) is 22.7 Å². The van der Waals surface area contributed by atoms with E-state index in [1.54, 1.807) is 30.3 Å². The van der Waals surface area contributed by atoms with Crippen LogP contribution < -0.4 is 14.8 Å². The predicted octanol–water partition coefficient (Wildman–Crippen LogP) is 3.31. The van der Waals surface area contributed by atoms with Crippen molar-refractivity contribution in [3.8, 4) is 11.5 Å². The number of imide groups is 1. The van der Waals surface area contributed by atoms with Crippen LogP contribution in [0.3, 0.4) is 0 Å². The largest absolute Gasteiger partial charge is 0.493 e. The zero-order valence-corrected chi connectivity index (χ0v) is 19.0. The highest BCUT2D eigenvalue weighted by Gasteiger charge is 2.41. The molecule has 3 rings (SSSR count). The Balaban J connectivity index is 1.70. The molecule has 10 heteroatoms. The Bertz CT molecular complexity index is 1100. The highest BCUT2D eigenvalue weighted by Crippen LogP contribution is 2.35. The van der Waals surface area contributed by atoms with Crippen molar-refractivity contribution in [1.29, 1.82) is 0 Å². The summed E-state index contributed by atoms with van der Waals surface area (Å²) in [6.07, 6.45) is 1.52. The number of amides is 3. The van der Waals surface area contributed by atoms with Gasteiger partial charge in [-0.05, 0) is 54.6 Å². The van der Waals surface area contributed by atoms with Gasteiger partial charge in [-0.3, -0.25) is 19.3 Å². The van der Waals surface area contributed by atoms with Crippen molar-refractivity contribution in [2.45, 2.75) is 13.0 Å². The number of carbonyl (C=O) groups is 4. The highest BCUT2D eigenvalue weighted by molar-refractivity contribution is 8.18. The molecule has 1 heterocycles. The molecular formula is C23H22N2O7S. The first-order chi connectivity index (χ1) is 15.8. The molecule has 33 heavy (non-hydrogen) atoms. The zero-order valence-electron chi connectivity index (χ0n) is 18.2. The Morgan fingerprint density at radius 1 is 1.09 bits per heavy atom. The second-order valence-electron chi connectivity index (χ2n) is 6.86. The molecule has 0 radical (unpaired) electrons. The minimum Gasteiger partial charge on any atom is -0.493 e. The lowest BCUT2D eigenvalue weighted by Crippen LogP contribution is -2.42. The number of thioether (sulfide) groups is 1. The number of nitrogens with one attached hydrogen (secondary N) is 1. The lowest BCUT2D eigenvalue weighted by atomic mass is 10.1. The van der Waals surface area contributed by atoms with Gasteiger partial charge in [0.05, 0.1) is 19.1 Å². The van der Waals surface area contributed by atoms with E-state index >= 15 is 0 Å². The number of hydrogen-bond donors (Lipinski definition) is 1. The van der Waals surface area contributed by atoms with E-state index in [2.05, 4.69) is 10.1 Å². The number of nitrogens with zero attached hydrogens (tertiary/aromatic N) is 1. The van der Waals surface area contributed by atoms with Gasteiger partial charge in [-0.25, -0.2) is 4.79 Å². The topological polar surface area (TPSA) is 111 Å². The summed E-state index contributed by atoms with van der Waals surface area (Å²) in [5, 5.41) is 2.16. The molecule has 0 saturated carbocycles. The van der Waals surface area contributed by atoms with Crippen molar-refractivity contribution in [2.24, 2.45) is 0 Å². The van der Waals surface area contributed by atoms with E-state index in [-0.39, 0.29) is 17.4 Å². The summed E-state index contributed by atoms with van der Waals surface area (Å²) in [7, 11) is 2.64. The van der Waals surface area contributed by atoms with Crippen molar-refractivity contribution in [3.63, 3.8) is 0 Å². The Hall–Kier alpha value is -3.79. The molecule has 172 valence electrons. The lowest BCUT2D eigenvalue weighted by Gasteiger charge is -2.18. The zero-order chi connectivity index (χ0) is 24.0. The third kappa shape index (κ3) is 5.72. The van der Waals surface area contributed by atoms with Gasteiger partial charge < -0.3 is 19.5 Å². The van der Waals surface area contributed by atoms with Gasteiger partial charge in [-0.1, -0.05) is 24.3 Å². The summed E-state index contributed by atoms with van der Waals surface area (Å²) in [6, 6.07) is 12.8. The summed E-state index contributed by atoms with van der Waals surface area (Å²) in [6.45, 7) is 1.20. The quantitative estimate of drug-likeness (QED) is 0.462. The fourth-order valence-electron chi connectivity index (χ4n) is 3.00. The maximum absolute atomic E-state index is 12.6. The molecule has 3 amide bonds. The van der Waals surface area contributed by atoms with Crippen LogP contribution in [0.15, 0.2) is 53.4 Å². The Labute approximate surface area is 194 Å². The second kappa shape index (κ2) is 10.7. The molecule has 1 atom stereocenters. The van der Waals surface area contributed by atoms with Crippen molar-refractivity contribution >= 4 is 46.5 Å². The first kappa shape index (κ1) is 23.9. The van der Waals surface area contributed by atoms with Gasteiger partial charge in [0.2, 0.25) is 0 Å². The third-order valence-electron chi connectivity index (χ3n) is 4.65. The first-order valence-electron chi connectivity index (χ1n) is 9.84. The summed E-state index contributed by atoms with van der Waals surface area (Å²) in [5.74, 6) is -0.915. The molecule has 0 bridgehead atoms. The van der Waals surface area contributed by atoms with Crippen molar-refractivity contribution in [2.75, 3.05) is 26.1 Å². The number of benzene rings is 2. The summed E-state index contributed by atoms with van der Waals surface area (Å²) in [5.41, 5.74) is 1.23. The first-order valence-corrected chi connectivity index (χ1v) is 10.7. The second-order valence-corrected chi connectivity index (χ2v) is 7.86. The number of esters is 1. The fourth-order valence-corrected chi connectivity index (χ4v) is 3.90. The van der Waals surface area contributed by atoms with Crippen molar-refractivity contribution < 1.29 is 33.4 Å². The van der Waals surface area contributed by atoms with Gasteiger partial charge in [0.15, 0.2) is 18.1 Å². The summed E-state index contributed by atoms with van der Waals surface area (Å²) < 4.78 is 15.5. The summed E-state index contributed by atoms with van der Waals surface area (Å²) >= 11 is 0.731. The van der Waals surface area contributed by atoms with Crippen LogP contribution in [0.5, 0.6) is 11.5 Å². The number of para-hydroxylation sites is 1. The molecule has 1 aliphatic rings. The standard InChI is InChI=1S/C23H22N2O7S/c1-14(22(28)31-3)25-21(27)19(33-23(25)29)12-15-9-10-17(18(11-15)30-2)32-13-20(26)24-16-7-5-4-6-8-16/h4-12,14H,13H2,1-3H3,(H,24,26)/b19-12+/t14-/m1/s1. The molecule has 0 aromatic heterocycles. The number of hydrogen-bond acceptors (Lipinski definition) is 8. The van der Waals surface area contributed by atoms with E-state index in [1.165, 1.54) is 27.2 Å². The van der Waals surface area contributed by atoms with E-state index in [0.717, 1.165) is 16.7 Å². The van der Waals surface area contributed by atoms with E-state index in [1.807, 2.05) is 18.2 Å². The van der Waals surface area contributed by atoms with Crippen LogP contribution in [0, 0.1) is 0 Å². The molecule has 1 fully saturated rings. The van der Waals surface area contributed by atoms with Crippen LogP contribution in [-0.4, -0.2) is 54.8 Å². The van der Waals surface area contributed by atoms with Gasteiger partial charge >= 0.3 is 5.97 Å². The van der Waals surface area contributed by atoms with Crippen LogP contribution >= 0.6 is 11.8 Å². The molecular weight excluding hydrogens is 448 g/mol. The van der Waals surface area contributed by atoms with E-state index in [9.17, 15) is 19.2 Å². The van der Waals surface area contributed by atoms with Gasteiger partial charge in [-0.15, -0.1) is 0 Å². The number of ether oxygens (including phenoxy) is 3. The Morgan fingerprint density at radius 2 is 1.82 bits per heavy atom. The molecule has 0 unspecified atom stereocenters. The van der Waals surface area contributed by atoms with Crippen LogP contribution in [0.1, 0.15) is 12.5 Å². The summed E-state index contributed by atoms with van der Waals surface area (Å²) in [4.78, 5) is 49.7. The van der Waals surface area contributed by atoms with Gasteiger partial charge in [0, 0.05) is 5.69 Å².